The van der Waals surface area contributed by atoms with Crippen LogP contribution in [0.4, 0.5) is 0 Å². The first-order chi connectivity index (χ1) is 18.0. The fourth-order valence-corrected chi connectivity index (χ4v) is 4.43. The van der Waals surface area contributed by atoms with Crippen molar-refractivity contribution in [2.75, 3.05) is 32.8 Å². The first-order valence-corrected chi connectivity index (χ1v) is 12.6. The highest BCUT2D eigenvalue weighted by molar-refractivity contribution is 5.44. The van der Waals surface area contributed by atoms with Gasteiger partial charge in [0, 0.05) is 49.3 Å². The molecule has 1 aromatic heterocycles. The number of rotatable bonds is 9. The Kier molecular flexibility index (Phi) is 9.28. The average Bonchev–Trinajstić information content (AvgIpc) is 2.93. The number of hydrogen-bond acceptors (Lipinski definition) is 6. The number of benzene rings is 2. The smallest absolute Gasteiger partial charge is 0.293 e. The first-order valence-electron chi connectivity index (χ1n) is 12.6. The number of H-pyrrole nitrogens is 1. The normalized spacial score (nSPS) is 15.4. The van der Waals surface area contributed by atoms with Crippen LogP contribution in [0, 0.1) is 11.8 Å². The summed E-state index contributed by atoms with van der Waals surface area (Å²) < 4.78 is 5.42. The molecular weight excluding hydrogens is 464 g/mol. The average molecular weight is 499 g/mol. The van der Waals surface area contributed by atoms with Crippen molar-refractivity contribution in [3.05, 3.63) is 106 Å². The second-order valence-electron chi connectivity index (χ2n) is 9.29. The highest BCUT2D eigenvalue weighted by Gasteiger charge is 2.25. The molecule has 0 saturated carbocycles. The Bertz CT molecular complexity index is 1280. The van der Waals surface area contributed by atoms with Crippen molar-refractivity contribution in [1.29, 1.82) is 0 Å². The highest BCUT2D eigenvalue weighted by Crippen LogP contribution is 2.27. The summed E-state index contributed by atoms with van der Waals surface area (Å²) >= 11 is 0. The molecule has 7 heteroatoms. The molecular formula is C30H34N4O3. The van der Waals surface area contributed by atoms with Crippen LogP contribution in [0.3, 0.4) is 0 Å². The largest absolute Gasteiger partial charge is 0.502 e. The Morgan fingerprint density at radius 1 is 1.11 bits per heavy atom. The van der Waals surface area contributed by atoms with Crippen LogP contribution in [0.15, 0.2) is 72.3 Å². The van der Waals surface area contributed by atoms with Gasteiger partial charge in [0.2, 0.25) is 5.75 Å². The van der Waals surface area contributed by atoms with Crippen LogP contribution in [0.1, 0.15) is 40.8 Å². The van der Waals surface area contributed by atoms with Gasteiger partial charge in [0.1, 0.15) is 0 Å². The number of ether oxygens (including phenoxy) is 1. The Morgan fingerprint density at radius 3 is 2.35 bits per heavy atom. The van der Waals surface area contributed by atoms with E-state index in [4.69, 9.17) is 4.74 Å². The van der Waals surface area contributed by atoms with E-state index < -0.39 is 5.56 Å². The molecule has 1 aliphatic heterocycles. The molecule has 3 aromatic rings. The monoisotopic (exact) mass is 498 g/mol. The third-order valence-electron chi connectivity index (χ3n) is 6.62. The Balaban J connectivity index is 1.42. The maximum Gasteiger partial charge on any atom is 0.293 e. The number of aromatic amines is 1. The summed E-state index contributed by atoms with van der Waals surface area (Å²) in [6.07, 6.45) is 3.72. The molecule has 0 aliphatic carbocycles. The minimum Gasteiger partial charge on any atom is -0.502 e. The van der Waals surface area contributed by atoms with E-state index in [1.165, 1.54) is 11.9 Å². The van der Waals surface area contributed by atoms with Gasteiger partial charge < -0.3 is 20.1 Å². The minimum atomic E-state index is -0.536. The van der Waals surface area contributed by atoms with Crippen LogP contribution in [-0.2, 0) is 17.7 Å². The minimum absolute atomic E-state index is 0.0381. The lowest BCUT2D eigenvalue weighted by molar-refractivity contribution is 0.0342. The molecule has 1 saturated heterocycles. The fourth-order valence-electron chi connectivity index (χ4n) is 4.43. The van der Waals surface area contributed by atoms with E-state index in [2.05, 4.69) is 62.9 Å². The zero-order chi connectivity index (χ0) is 26.0. The highest BCUT2D eigenvalue weighted by atomic mass is 16.5. The molecule has 3 N–H and O–H groups in total. The van der Waals surface area contributed by atoms with Crippen molar-refractivity contribution in [1.82, 2.24) is 20.2 Å². The van der Waals surface area contributed by atoms with Gasteiger partial charge in [-0.2, -0.15) is 0 Å². The first kappa shape index (κ1) is 26.4. The van der Waals surface area contributed by atoms with Gasteiger partial charge in [-0.1, -0.05) is 42.2 Å². The third-order valence-corrected chi connectivity index (χ3v) is 6.62. The van der Waals surface area contributed by atoms with Crippen molar-refractivity contribution >= 4 is 0 Å². The molecule has 0 bridgehead atoms. The van der Waals surface area contributed by atoms with E-state index in [9.17, 15) is 9.90 Å². The summed E-state index contributed by atoms with van der Waals surface area (Å²) in [7, 11) is 0. The van der Waals surface area contributed by atoms with Crippen LogP contribution in [0.2, 0.25) is 0 Å². The second-order valence-corrected chi connectivity index (χ2v) is 9.29. The lowest BCUT2D eigenvalue weighted by Crippen LogP contribution is -2.35. The molecule has 2 heterocycles. The molecule has 192 valence electrons. The van der Waals surface area contributed by atoms with Crippen LogP contribution < -0.4 is 10.9 Å². The van der Waals surface area contributed by atoms with Crippen molar-refractivity contribution in [3.63, 3.8) is 0 Å². The summed E-state index contributed by atoms with van der Waals surface area (Å²) in [5.74, 6) is 5.96. The second kappa shape index (κ2) is 13.0. The maximum absolute atomic E-state index is 12.0. The molecule has 37 heavy (non-hydrogen) atoms. The van der Waals surface area contributed by atoms with Gasteiger partial charge in [0.05, 0.1) is 25.2 Å². The Labute approximate surface area is 218 Å². The quantitative estimate of drug-likeness (QED) is 0.310. The van der Waals surface area contributed by atoms with E-state index in [1.54, 1.807) is 6.08 Å². The van der Waals surface area contributed by atoms with Gasteiger partial charge in [-0.15, -0.1) is 6.58 Å². The van der Waals surface area contributed by atoms with Gasteiger partial charge in [0.15, 0.2) is 0 Å². The van der Waals surface area contributed by atoms with E-state index in [1.807, 2.05) is 31.2 Å². The molecule has 2 unspecified atom stereocenters. The lowest BCUT2D eigenvalue weighted by atomic mass is 9.89. The maximum atomic E-state index is 12.0. The van der Waals surface area contributed by atoms with Gasteiger partial charge in [-0.3, -0.25) is 9.69 Å². The lowest BCUT2D eigenvalue weighted by Gasteiger charge is -2.26. The number of hydrogen-bond donors (Lipinski definition) is 3. The summed E-state index contributed by atoms with van der Waals surface area (Å²) in [4.78, 5) is 21.1. The van der Waals surface area contributed by atoms with Gasteiger partial charge in [-0.05, 0) is 48.7 Å². The number of morpholine rings is 1. The predicted molar refractivity (Wildman–Crippen MR) is 146 cm³/mol. The third kappa shape index (κ3) is 7.40. The number of aromatic nitrogens is 2. The molecule has 0 amide bonds. The van der Waals surface area contributed by atoms with Gasteiger partial charge in [-0.25, -0.2) is 4.98 Å². The van der Waals surface area contributed by atoms with Crippen molar-refractivity contribution < 1.29 is 9.84 Å². The van der Waals surface area contributed by atoms with Crippen LogP contribution >= 0.6 is 0 Å². The van der Waals surface area contributed by atoms with Crippen molar-refractivity contribution in [3.8, 4) is 17.6 Å². The van der Waals surface area contributed by atoms with E-state index in [0.717, 1.165) is 49.5 Å². The van der Waals surface area contributed by atoms with Gasteiger partial charge in [0.25, 0.3) is 5.56 Å². The van der Waals surface area contributed by atoms with Crippen LogP contribution in [0.5, 0.6) is 5.75 Å². The molecule has 1 fully saturated rings. The molecule has 1 aliphatic rings. The van der Waals surface area contributed by atoms with Crippen LogP contribution in [0.25, 0.3) is 0 Å². The zero-order valence-electron chi connectivity index (χ0n) is 21.2. The molecule has 4 rings (SSSR count). The number of nitrogens with one attached hydrogen (secondary N) is 2. The molecule has 2 aromatic carbocycles. The molecule has 0 radical (unpaired) electrons. The van der Waals surface area contributed by atoms with E-state index >= 15 is 0 Å². The van der Waals surface area contributed by atoms with Crippen LogP contribution in [-0.4, -0.2) is 58.9 Å². The SMILES string of the molecule is C=CCNC(C)C(Cc1ccc(C#Cc2ccc(CN3CCOCC3)cc2)cc1)c1nc[nH]c(=O)c1O. The topological polar surface area (TPSA) is 90.5 Å². The molecule has 2 atom stereocenters. The van der Waals surface area contributed by atoms with E-state index in [0.29, 0.717) is 18.7 Å². The Hall–Kier alpha value is -3.70. The standard InChI is InChI=1S/C30H34N4O3/c1-3-14-31-22(2)27(28-29(35)30(36)33-21-32-28)19-25-10-6-23(7-11-25)4-5-24-8-12-26(13-9-24)20-34-15-17-37-18-16-34/h3,6-13,21-22,27,31,35H,1,14-20H2,2H3,(H,32,33,36). The molecule has 7 nitrogen and oxygen atoms in total. The summed E-state index contributed by atoms with van der Waals surface area (Å²) in [6, 6.07) is 16.5. The van der Waals surface area contributed by atoms with Gasteiger partial charge >= 0.3 is 0 Å². The predicted octanol–water partition coefficient (Wildman–Crippen LogP) is 3.20. The summed E-state index contributed by atoms with van der Waals surface area (Å²) in [5, 5.41) is 13.7. The fraction of sp³-hybridized carbons (Fsp3) is 0.333. The summed E-state index contributed by atoms with van der Waals surface area (Å²) in [6.45, 7) is 10.9. The Morgan fingerprint density at radius 2 is 1.73 bits per heavy atom. The number of nitrogens with zero attached hydrogens (tertiary/aromatic N) is 2. The van der Waals surface area contributed by atoms with E-state index in [-0.39, 0.29) is 17.7 Å². The molecule has 0 spiro atoms. The van der Waals surface area contributed by atoms with Crippen molar-refractivity contribution in [2.45, 2.75) is 31.8 Å². The summed E-state index contributed by atoms with van der Waals surface area (Å²) in [5.41, 5.74) is 4.10. The van der Waals surface area contributed by atoms with Crippen molar-refractivity contribution in [2.24, 2.45) is 0 Å². The number of aromatic hydroxyl groups is 1. The zero-order valence-corrected chi connectivity index (χ0v) is 21.2.